The van der Waals surface area contributed by atoms with Crippen LogP contribution in [0.25, 0.3) is 10.9 Å². The van der Waals surface area contributed by atoms with Crippen molar-refractivity contribution in [2.75, 3.05) is 0 Å². The SMILES string of the molecule is CC(=O)CC(=O)NS(=O)(=O)c1cccc2cccnc12. The highest BCUT2D eigenvalue weighted by Crippen LogP contribution is 2.20. The maximum absolute atomic E-state index is 12.2. The number of rotatable bonds is 4. The van der Waals surface area contributed by atoms with Crippen LogP contribution in [0.5, 0.6) is 0 Å². The fourth-order valence-electron chi connectivity index (χ4n) is 1.76. The third-order valence-electron chi connectivity index (χ3n) is 2.54. The van der Waals surface area contributed by atoms with Crippen LogP contribution in [0.3, 0.4) is 0 Å². The van der Waals surface area contributed by atoms with Gasteiger partial charge in [0.2, 0.25) is 5.91 Å². The molecule has 0 atom stereocenters. The van der Waals surface area contributed by atoms with E-state index in [0.29, 0.717) is 5.39 Å². The standard InChI is InChI=1S/C13H12N2O4S/c1-9(16)8-12(17)15-20(18,19)11-6-2-4-10-5-3-7-14-13(10)11/h2-7H,8H2,1H3,(H,15,17). The summed E-state index contributed by atoms with van der Waals surface area (Å²) in [6.45, 7) is 1.21. The number of pyridine rings is 1. The molecule has 0 spiro atoms. The third kappa shape index (κ3) is 3.00. The van der Waals surface area contributed by atoms with Crippen molar-refractivity contribution in [1.29, 1.82) is 0 Å². The quantitative estimate of drug-likeness (QED) is 0.849. The number of aromatic nitrogens is 1. The molecule has 0 bridgehead atoms. The highest BCUT2D eigenvalue weighted by molar-refractivity contribution is 7.90. The van der Waals surface area contributed by atoms with Gasteiger partial charge in [-0.2, -0.15) is 0 Å². The summed E-state index contributed by atoms with van der Waals surface area (Å²) in [5.41, 5.74) is 0.276. The van der Waals surface area contributed by atoms with Gasteiger partial charge in [0.05, 0.1) is 11.9 Å². The number of benzene rings is 1. The van der Waals surface area contributed by atoms with E-state index in [1.54, 1.807) is 24.3 Å². The molecule has 0 saturated carbocycles. The number of fused-ring (bicyclic) bond motifs is 1. The number of nitrogens with one attached hydrogen (secondary N) is 1. The number of carbonyl (C=O) groups is 2. The average molecular weight is 292 g/mol. The van der Waals surface area contributed by atoms with Crippen LogP contribution in [0.4, 0.5) is 0 Å². The van der Waals surface area contributed by atoms with Crippen molar-refractivity contribution < 1.29 is 18.0 Å². The average Bonchev–Trinajstić information content (AvgIpc) is 2.36. The minimum absolute atomic E-state index is 0.0903. The molecule has 0 aliphatic rings. The van der Waals surface area contributed by atoms with Gasteiger partial charge in [0.1, 0.15) is 10.7 Å². The lowest BCUT2D eigenvalue weighted by Crippen LogP contribution is -2.31. The number of ketones is 1. The number of sulfonamides is 1. The zero-order valence-corrected chi connectivity index (χ0v) is 11.5. The summed E-state index contributed by atoms with van der Waals surface area (Å²) in [6.07, 6.45) is 0.996. The van der Waals surface area contributed by atoms with Crippen molar-refractivity contribution in [2.45, 2.75) is 18.2 Å². The molecule has 2 aromatic rings. The molecule has 20 heavy (non-hydrogen) atoms. The Hall–Kier alpha value is -2.28. The summed E-state index contributed by atoms with van der Waals surface area (Å²) in [5, 5.41) is 0.648. The second-order valence-corrected chi connectivity index (χ2v) is 5.89. The van der Waals surface area contributed by atoms with Gasteiger partial charge in [-0.25, -0.2) is 13.1 Å². The molecule has 0 radical (unpaired) electrons. The monoisotopic (exact) mass is 292 g/mol. The maximum Gasteiger partial charge on any atom is 0.266 e. The smallest absolute Gasteiger partial charge is 0.266 e. The van der Waals surface area contributed by atoms with Gasteiger partial charge in [-0.3, -0.25) is 14.6 Å². The van der Waals surface area contributed by atoms with Crippen LogP contribution in [0, 0.1) is 0 Å². The lowest BCUT2D eigenvalue weighted by atomic mass is 10.2. The van der Waals surface area contributed by atoms with Crippen LogP contribution in [0.2, 0.25) is 0 Å². The van der Waals surface area contributed by atoms with Crippen LogP contribution >= 0.6 is 0 Å². The van der Waals surface area contributed by atoms with Crippen molar-refractivity contribution >= 4 is 32.6 Å². The van der Waals surface area contributed by atoms with E-state index >= 15 is 0 Å². The number of carbonyl (C=O) groups excluding carboxylic acids is 2. The van der Waals surface area contributed by atoms with E-state index in [1.165, 1.54) is 19.2 Å². The molecule has 0 unspecified atom stereocenters. The van der Waals surface area contributed by atoms with Gasteiger partial charge in [-0.15, -0.1) is 0 Å². The fourth-order valence-corrected chi connectivity index (χ4v) is 2.92. The number of para-hydroxylation sites is 1. The summed E-state index contributed by atoms with van der Waals surface area (Å²) in [6, 6.07) is 8.05. The van der Waals surface area contributed by atoms with Crippen LogP contribution in [-0.4, -0.2) is 25.1 Å². The minimum atomic E-state index is -4.05. The minimum Gasteiger partial charge on any atom is -0.299 e. The number of amides is 1. The first-order chi connectivity index (χ1) is 9.40. The van der Waals surface area contributed by atoms with Crippen LogP contribution in [0.15, 0.2) is 41.4 Å². The summed E-state index contributed by atoms with van der Waals surface area (Å²) < 4.78 is 26.2. The first kappa shape index (κ1) is 14.1. The van der Waals surface area contributed by atoms with E-state index < -0.39 is 28.1 Å². The second-order valence-electron chi connectivity index (χ2n) is 4.24. The van der Waals surface area contributed by atoms with Crippen molar-refractivity contribution in [3.05, 3.63) is 36.5 Å². The molecular formula is C13H12N2O4S. The van der Waals surface area contributed by atoms with Crippen LogP contribution in [0.1, 0.15) is 13.3 Å². The molecular weight excluding hydrogens is 280 g/mol. The van der Waals surface area contributed by atoms with Gasteiger partial charge in [0.25, 0.3) is 10.0 Å². The zero-order valence-electron chi connectivity index (χ0n) is 10.7. The first-order valence-corrected chi connectivity index (χ1v) is 7.27. The van der Waals surface area contributed by atoms with Crippen molar-refractivity contribution in [2.24, 2.45) is 0 Å². The zero-order chi connectivity index (χ0) is 14.8. The van der Waals surface area contributed by atoms with E-state index in [2.05, 4.69) is 4.98 Å². The first-order valence-electron chi connectivity index (χ1n) is 5.79. The molecule has 1 amide bonds. The Bertz CT molecular complexity index is 779. The van der Waals surface area contributed by atoms with Crippen LogP contribution < -0.4 is 4.72 Å². The molecule has 1 N–H and O–H groups in total. The van der Waals surface area contributed by atoms with E-state index in [9.17, 15) is 18.0 Å². The molecule has 7 heteroatoms. The molecule has 0 aliphatic heterocycles. The van der Waals surface area contributed by atoms with E-state index in [0.717, 1.165) is 0 Å². The normalized spacial score (nSPS) is 11.2. The Kier molecular flexibility index (Phi) is 3.80. The van der Waals surface area contributed by atoms with E-state index in [4.69, 9.17) is 0 Å². The Morgan fingerprint density at radius 1 is 1.20 bits per heavy atom. The van der Waals surface area contributed by atoms with Gasteiger partial charge >= 0.3 is 0 Å². The lowest BCUT2D eigenvalue weighted by molar-refractivity contribution is -0.126. The Morgan fingerprint density at radius 2 is 1.90 bits per heavy atom. The largest absolute Gasteiger partial charge is 0.299 e. The molecule has 6 nitrogen and oxygen atoms in total. The summed E-state index contributed by atoms with van der Waals surface area (Å²) in [7, 11) is -4.05. The molecule has 104 valence electrons. The fraction of sp³-hybridized carbons (Fsp3) is 0.154. The highest BCUT2D eigenvalue weighted by atomic mass is 32.2. The van der Waals surface area contributed by atoms with Gasteiger partial charge in [-0.05, 0) is 19.1 Å². The summed E-state index contributed by atoms with van der Waals surface area (Å²) in [4.78, 5) is 26.2. The summed E-state index contributed by atoms with van der Waals surface area (Å²) in [5.74, 6) is -1.26. The Labute approximate surface area is 115 Å². The van der Waals surface area contributed by atoms with Crippen molar-refractivity contribution in [1.82, 2.24) is 9.71 Å². The van der Waals surface area contributed by atoms with Gasteiger partial charge < -0.3 is 0 Å². The van der Waals surface area contributed by atoms with Gasteiger partial charge in [0.15, 0.2) is 0 Å². The number of hydrogen-bond donors (Lipinski definition) is 1. The third-order valence-corrected chi connectivity index (χ3v) is 3.95. The van der Waals surface area contributed by atoms with Gasteiger partial charge in [-0.1, -0.05) is 18.2 Å². The van der Waals surface area contributed by atoms with E-state index in [-0.39, 0.29) is 10.4 Å². The molecule has 0 saturated heterocycles. The van der Waals surface area contributed by atoms with Crippen molar-refractivity contribution in [3.63, 3.8) is 0 Å². The molecule has 1 aromatic carbocycles. The number of hydrogen-bond acceptors (Lipinski definition) is 5. The maximum atomic E-state index is 12.2. The molecule has 1 heterocycles. The lowest BCUT2D eigenvalue weighted by Gasteiger charge is -2.08. The Balaban J connectivity index is 2.42. The molecule has 0 fully saturated rings. The van der Waals surface area contributed by atoms with Crippen LogP contribution in [-0.2, 0) is 19.6 Å². The number of Topliss-reactive ketones (excluding diaryl/α,β-unsaturated/α-hetero) is 1. The van der Waals surface area contributed by atoms with E-state index in [1.807, 2.05) is 4.72 Å². The second kappa shape index (κ2) is 5.38. The number of nitrogens with zero attached hydrogens (tertiary/aromatic N) is 1. The predicted molar refractivity (Wildman–Crippen MR) is 72.4 cm³/mol. The highest BCUT2D eigenvalue weighted by Gasteiger charge is 2.21. The Morgan fingerprint density at radius 3 is 2.60 bits per heavy atom. The van der Waals surface area contributed by atoms with Gasteiger partial charge in [0, 0.05) is 11.6 Å². The molecule has 0 aliphatic carbocycles. The topological polar surface area (TPSA) is 93.2 Å². The van der Waals surface area contributed by atoms with Crippen molar-refractivity contribution in [3.8, 4) is 0 Å². The predicted octanol–water partition coefficient (Wildman–Crippen LogP) is 1.02. The molecule has 2 rings (SSSR count). The molecule has 1 aromatic heterocycles. The summed E-state index contributed by atoms with van der Waals surface area (Å²) >= 11 is 0.